The van der Waals surface area contributed by atoms with Crippen molar-refractivity contribution in [3.05, 3.63) is 58.9 Å². The minimum absolute atomic E-state index is 0.0203. The number of carbonyl (C=O) groups excluding carboxylic acids is 2. The number of aromatic nitrogens is 2. The number of hydrogen-bond acceptors (Lipinski definition) is 4. The lowest BCUT2D eigenvalue weighted by Gasteiger charge is -2.10. The molecule has 0 aliphatic carbocycles. The van der Waals surface area contributed by atoms with Crippen molar-refractivity contribution < 1.29 is 9.59 Å². The molecule has 4 nitrogen and oxygen atoms in total. The van der Waals surface area contributed by atoms with Crippen LogP contribution in [0.15, 0.2) is 41.4 Å². The molecular weight excluding hydrogens is 332 g/mol. The molecule has 0 saturated carbocycles. The Balaban J connectivity index is 1.85. The number of benzene rings is 1. The lowest BCUT2D eigenvalue weighted by molar-refractivity contribution is 0.0988. The minimum Gasteiger partial charge on any atom is -0.355 e. The number of carbonyl (C=O) groups is 2. The molecule has 0 spiro atoms. The summed E-state index contributed by atoms with van der Waals surface area (Å²) in [6.07, 6.45) is 0. The molecule has 1 N–H and O–H groups in total. The molecule has 0 amide bonds. The van der Waals surface area contributed by atoms with Crippen molar-refractivity contribution in [3.8, 4) is 0 Å². The quantitative estimate of drug-likeness (QED) is 0.532. The maximum absolute atomic E-state index is 12.8. The van der Waals surface area contributed by atoms with Crippen molar-refractivity contribution in [2.24, 2.45) is 0 Å². The summed E-state index contributed by atoms with van der Waals surface area (Å²) < 4.78 is 0. The molecule has 3 rings (SSSR count). The summed E-state index contributed by atoms with van der Waals surface area (Å²) in [7, 11) is 0. The summed E-state index contributed by atoms with van der Waals surface area (Å²) in [5.74, 6) is -0.0464. The first-order valence-electron chi connectivity index (χ1n) is 8.15. The fraction of sp³-hybridized carbons (Fsp3) is 0.250. The number of pyridine rings is 1. The monoisotopic (exact) mass is 352 g/mol. The second-order valence-corrected chi connectivity index (χ2v) is 7.51. The highest BCUT2D eigenvalue weighted by Gasteiger charge is 2.24. The van der Waals surface area contributed by atoms with Gasteiger partial charge in [0, 0.05) is 16.6 Å². The Morgan fingerprint density at radius 1 is 1.12 bits per heavy atom. The van der Waals surface area contributed by atoms with E-state index in [0.717, 1.165) is 27.2 Å². The predicted octanol–water partition coefficient (Wildman–Crippen LogP) is 4.75. The molecule has 0 aliphatic heterocycles. The van der Waals surface area contributed by atoms with Gasteiger partial charge in [-0.05, 0) is 45.4 Å². The van der Waals surface area contributed by atoms with E-state index in [-0.39, 0.29) is 16.8 Å². The fourth-order valence-corrected chi connectivity index (χ4v) is 3.96. The van der Waals surface area contributed by atoms with Gasteiger partial charge < -0.3 is 4.98 Å². The van der Waals surface area contributed by atoms with Crippen LogP contribution in [0, 0.1) is 13.8 Å². The lowest BCUT2D eigenvalue weighted by Crippen LogP contribution is -2.15. The smallest absolute Gasteiger partial charge is 0.192 e. The Hall–Kier alpha value is -2.40. The van der Waals surface area contributed by atoms with Gasteiger partial charge in [0.25, 0.3) is 0 Å². The number of fused-ring (bicyclic) bond motifs is 1. The zero-order chi connectivity index (χ0) is 18.1. The molecule has 0 fully saturated rings. The Morgan fingerprint density at radius 3 is 2.52 bits per heavy atom. The van der Waals surface area contributed by atoms with E-state index in [1.165, 1.54) is 18.7 Å². The first kappa shape index (κ1) is 17.4. The minimum atomic E-state index is -0.301. The number of nitrogens with one attached hydrogen (secondary N) is 1. The van der Waals surface area contributed by atoms with Crippen molar-refractivity contribution in [1.29, 1.82) is 0 Å². The van der Waals surface area contributed by atoms with Crippen LogP contribution >= 0.6 is 11.8 Å². The molecule has 128 valence electrons. The first-order valence-corrected chi connectivity index (χ1v) is 9.03. The van der Waals surface area contributed by atoms with Crippen LogP contribution in [-0.2, 0) is 0 Å². The molecule has 1 unspecified atom stereocenters. The molecule has 0 aliphatic rings. The number of aryl methyl sites for hydroxylation is 1. The molecule has 1 aromatic carbocycles. The molecule has 25 heavy (non-hydrogen) atoms. The highest BCUT2D eigenvalue weighted by molar-refractivity contribution is 8.00. The Bertz CT molecular complexity index is 975. The Kier molecular flexibility index (Phi) is 4.77. The van der Waals surface area contributed by atoms with E-state index in [1.807, 2.05) is 57.2 Å². The van der Waals surface area contributed by atoms with Crippen molar-refractivity contribution in [3.63, 3.8) is 0 Å². The third-order valence-electron chi connectivity index (χ3n) is 4.28. The lowest BCUT2D eigenvalue weighted by atomic mass is 10.0. The third-order valence-corrected chi connectivity index (χ3v) is 5.31. The zero-order valence-corrected chi connectivity index (χ0v) is 15.5. The average Bonchev–Trinajstić information content (AvgIpc) is 2.88. The normalized spacial score (nSPS) is 12.3. The van der Waals surface area contributed by atoms with Crippen LogP contribution in [-0.4, -0.2) is 26.8 Å². The predicted molar refractivity (Wildman–Crippen MR) is 102 cm³/mol. The van der Waals surface area contributed by atoms with Crippen molar-refractivity contribution >= 4 is 34.2 Å². The SMILES string of the molecule is CC(=O)c1c(C)[nH]c(C(=O)C(C)Sc2ccc3ccccc3n2)c1C. The highest BCUT2D eigenvalue weighted by Crippen LogP contribution is 2.28. The number of rotatable bonds is 5. The molecule has 0 radical (unpaired) electrons. The summed E-state index contributed by atoms with van der Waals surface area (Å²) in [4.78, 5) is 32.3. The van der Waals surface area contributed by atoms with Crippen LogP contribution in [0.2, 0.25) is 0 Å². The molecule has 2 heterocycles. The number of para-hydroxylation sites is 1. The fourth-order valence-electron chi connectivity index (χ4n) is 3.08. The van der Waals surface area contributed by atoms with Gasteiger partial charge in [-0.2, -0.15) is 0 Å². The number of H-pyrrole nitrogens is 1. The summed E-state index contributed by atoms with van der Waals surface area (Å²) >= 11 is 1.43. The highest BCUT2D eigenvalue weighted by atomic mass is 32.2. The Morgan fingerprint density at radius 2 is 1.84 bits per heavy atom. The summed E-state index contributed by atoms with van der Waals surface area (Å²) in [5.41, 5.74) is 3.52. The van der Waals surface area contributed by atoms with Gasteiger partial charge in [-0.3, -0.25) is 9.59 Å². The zero-order valence-electron chi connectivity index (χ0n) is 14.7. The number of nitrogens with zero attached hydrogens (tertiary/aromatic N) is 1. The van der Waals surface area contributed by atoms with Gasteiger partial charge in [0.2, 0.25) is 0 Å². The van der Waals surface area contributed by atoms with Gasteiger partial charge in [-0.1, -0.05) is 36.0 Å². The van der Waals surface area contributed by atoms with Gasteiger partial charge in [-0.15, -0.1) is 0 Å². The number of aromatic amines is 1. The molecule has 3 aromatic rings. The molecular formula is C20H20N2O2S. The third kappa shape index (κ3) is 3.37. The summed E-state index contributed by atoms with van der Waals surface area (Å²) in [6.45, 7) is 7.03. The first-order chi connectivity index (χ1) is 11.9. The van der Waals surface area contributed by atoms with Crippen molar-refractivity contribution in [1.82, 2.24) is 9.97 Å². The molecule has 1 atom stereocenters. The van der Waals surface area contributed by atoms with E-state index >= 15 is 0 Å². The van der Waals surface area contributed by atoms with Crippen LogP contribution in [0.1, 0.15) is 46.0 Å². The van der Waals surface area contributed by atoms with Crippen molar-refractivity contribution in [2.45, 2.75) is 38.0 Å². The summed E-state index contributed by atoms with van der Waals surface area (Å²) in [5, 5.41) is 1.59. The maximum atomic E-state index is 12.8. The van der Waals surface area contributed by atoms with E-state index < -0.39 is 0 Å². The Labute approximate surface area is 151 Å². The molecule has 0 saturated heterocycles. The van der Waals surface area contributed by atoms with E-state index in [9.17, 15) is 9.59 Å². The number of ketones is 2. The van der Waals surface area contributed by atoms with E-state index in [4.69, 9.17) is 0 Å². The van der Waals surface area contributed by atoms with Crippen LogP contribution in [0.25, 0.3) is 10.9 Å². The van der Waals surface area contributed by atoms with Crippen LogP contribution in [0.3, 0.4) is 0 Å². The second kappa shape index (κ2) is 6.84. The van der Waals surface area contributed by atoms with Gasteiger partial charge in [-0.25, -0.2) is 4.98 Å². The van der Waals surface area contributed by atoms with Crippen LogP contribution in [0.5, 0.6) is 0 Å². The largest absolute Gasteiger partial charge is 0.355 e. The van der Waals surface area contributed by atoms with Gasteiger partial charge >= 0.3 is 0 Å². The molecule has 0 bridgehead atoms. The number of Topliss-reactive ketones (excluding diaryl/α,β-unsaturated/α-hetero) is 2. The van der Waals surface area contributed by atoms with E-state index in [1.54, 1.807) is 0 Å². The number of thioether (sulfide) groups is 1. The van der Waals surface area contributed by atoms with Gasteiger partial charge in [0.15, 0.2) is 11.6 Å². The maximum Gasteiger partial charge on any atom is 0.192 e. The second-order valence-electron chi connectivity index (χ2n) is 6.15. The number of hydrogen-bond donors (Lipinski definition) is 1. The topological polar surface area (TPSA) is 62.8 Å². The van der Waals surface area contributed by atoms with E-state index in [0.29, 0.717) is 11.3 Å². The standard InChI is InChI=1S/C20H20N2O2S/c1-11-18(13(3)23)12(2)21-19(11)20(24)14(4)25-17-10-9-15-7-5-6-8-16(15)22-17/h5-10,14,21H,1-4H3. The van der Waals surface area contributed by atoms with Crippen LogP contribution in [0.4, 0.5) is 0 Å². The van der Waals surface area contributed by atoms with Crippen molar-refractivity contribution in [2.75, 3.05) is 0 Å². The average molecular weight is 352 g/mol. The molecule has 2 aromatic heterocycles. The van der Waals surface area contributed by atoms with Crippen LogP contribution < -0.4 is 0 Å². The van der Waals surface area contributed by atoms with E-state index in [2.05, 4.69) is 9.97 Å². The summed E-state index contributed by atoms with van der Waals surface area (Å²) in [6, 6.07) is 11.9. The molecule has 5 heteroatoms. The van der Waals surface area contributed by atoms with Gasteiger partial charge in [0.1, 0.15) is 0 Å². The van der Waals surface area contributed by atoms with Gasteiger partial charge in [0.05, 0.1) is 21.5 Å².